The first kappa shape index (κ1) is 41.6. The Balaban J connectivity index is 1.44. The molecule has 13 nitrogen and oxygen atoms in total. The number of nitrogens with zero attached hydrogens (tertiary/aromatic N) is 3. The Kier molecular flexibility index (Phi) is 12.6. The Labute approximate surface area is 334 Å². The number of ether oxygens (including phenoxy) is 4. The van der Waals surface area contributed by atoms with E-state index in [-0.39, 0.29) is 61.6 Å². The summed E-state index contributed by atoms with van der Waals surface area (Å²) in [5.41, 5.74) is 0.776. The van der Waals surface area contributed by atoms with E-state index in [2.05, 4.69) is 25.2 Å². The monoisotopic (exact) mass is 799 g/mol. The molecule has 6 rings (SSSR count). The smallest absolute Gasteiger partial charge is 0.305 e. The number of hydrogen-bond donors (Lipinski definition) is 1. The lowest BCUT2D eigenvalue weighted by Gasteiger charge is -2.39. The van der Waals surface area contributed by atoms with Crippen LogP contribution in [0.2, 0.25) is 18.6 Å². The maximum absolute atomic E-state index is 15.3. The molecule has 0 aliphatic carbocycles. The molecule has 0 saturated carbocycles. The molecule has 0 bridgehead atoms. The van der Waals surface area contributed by atoms with Crippen LogP contribution >= 0.6 is 0 Å². The lowest BCUT2D eigenvalue weighted by atomic mass is 9.82. The van der Waals surface area contributed by atoms with Crippen LogP contribution in [0.4, 0.5) is 11.4 Å². The van der Waals surface area contributed by atoms with E-state index in [1.165, 1.54) is 18.9 Å². The van der Waals surface area contributed by atoms with E-state index in [1.807, 2.05) is 49.4 Å². The van der Waals surface area contributed by atoms with Crippen molar-refractivity contribution in [1.29, 1.82) is 0 Å². The van der Waals surface area contributed by atoms with Crippen LogP contribution in [-0.2, 0) is 50.3 Å². The van der Waals surface area contributed by atoms with Crippen molar-refractivity contribution in [3.63, 3.8) is 0 Å². The molecule has 1 spiro atoms. The van der Waals surface area contributed by atoms with Crippen LogP contribution in [-0.4, -0.2) is 94.0 Å². The summed E-state index contributed by atoms with van der Waals surface area (Å²) in [7, 11) is 0.326. The Morgan fingerprint density at radius 1 is 1.00 bits per heavy atom. The number of unbranched alkanes of at least 4 members (excludes halogenated alkanes) is 1. The number of aliphatic hydroxyl groups is 1. The van der Waals surface area contributed by atoms with E-state index in [1.54, 1.807) is 35.1 Å². The molecule has 304 valence electrons. The number of carbonyl (C=O) groups is 5. The van der Waals surface area contributed by atoms with E-state index in [9.17, 15) is 24.3 Å². The van der Waals surface area contributed by atoms with Gasteiger partial charge in [0.1, 0.15) is 5.75 Å². The second-order valence-electron chi connectivity index (χ2n) is 15.6. The standard InChI is InChI=1S/C43H53N3O10Si/c1-28-41(57(5,6)33-18-16-32(53-3)17-19-33)36(25-37(49)44(22-23-47)27-30-12-8-7-9-13-30)56-43(28)34-24-31(46-38(50)26-39(46)55-29(2)48)15-20-35(34)45(42(43)52)21-11-10-14-40(51)54-4/h7-9,12-13,15-20,24,28,36,39,41,47H,10-11,14,21-23,25-27H2,1-6H3/t28-,36+,39?,41-,43+/m0/s1. The Hall–Kier alpha value is -5.05. The molecular weight excluding hydrogens is 747 g/mol. The van der Waals surface area contributed by atoms with Crippen molar-refractivity contribution in [3.8, 4) is 5.75 Å². The highest BCUT2D eigenvalue weighted by Gasteiger charge is 2.66. The number of rotatable bonds is 16. The first-order chi connectivity index (χ1) is 27.3. The van der Waals surface area contributed by atoms with Crippen molar-refractivity contribution < 1.29 is 48.0 Å². The summed E-state index contributed by atoms with van der Waals surface area (Å²) in [5, 5.41) is 11.1. The van der Waals surface area contributed by atoms with Gasteiger partial charge < -0.3 is 33.9 Å². The van der Waals surface area contributed by atoms with Crippen molar-refractivity contribution in [2.75, 3.05) is 43.7 Å². The van der Waals surface area contributed by atoms with Gasteiger partial charge in [0.05, 0.1) is 53.5 Å². The third kappa shape index (κ3) is 8.07. The van der Waals surface area contributed by atoms with E-state index in [0.29, 0.717) is 48.6 Å². The predicted octanol–water partition coefficient (Wildman–Crippen LogP) is 4.64. The first-order valence-electron chi connectivity index (χ1n) is 19.5. The van der Waals surface area contributed by atoms with Crippen LogP contribution < -0.4 is 19.7 Å². The molecule has 14 heteroatoms. The topological polar surface area (TPSA) is 152 Å². The van der Waals surface area contributed by atoms with Crippen LogP contribution in [0.5, 0.6) is 5.75 Å². The minimum Gasteiger partial charge on any atom is -0.497 e. The molecule has 0 radical (unpaired) electrons. The number of hydrogen-bond acceptors (Lipinski definition) is 10. The van der Waals surface area contributed by atoms with Crippen molar-refractivity contribution in [3.05, 3.63) is 83.9 Å². The number of β-lactam (4-membered cyclic amide) rings is 1. The summed E-state index contributed by atoms with van der Waals surface area (Å²) in [6.45, 7) is 8.29. The zero-order chi connectivity index (χ0) is 41.1. The predicted molar refractivity (Wildman–Crippen MR) is 215 cm³/mol. The molecule has 3 heterocycles. The highest BCUT2D eigenvalue weighted by molar-refractivity contribution is 6.91. The van der Waals surface area contributed by atoms with Crippen LogP contribution in [0, 0.1) is 5.92 Å². The Morgan fingerprint density at radius 2 is 1.72 bits per heavy atom. The summed E-state index contributed by atoms with van der Waals surface area (Å²) >= 11 is 0. The van der Waals surface area contributed by atoms with Gasteiger partial charge in [-0.25, -0.2) is 0 Å². The highest BCUT2D eigenvalue weighted by Crippen LogP contribution is 2.60. The van der Waals surface area contributed by atoms with Crippen LogP contribution in [0.1, 0.15) is 57.1 Å². The maximum Gasteiger partial charge on any atom is 0.305 e. The third-order valence-electron chi connectivity index (χ3n) is 11.9. The fourth-order valence-electron chi connectivity index (χ4n) is 9.02. The average molecular weight is 800 g/mol. The molecule has 1 N–H and O–H groups in total. The third-order valence-corrected chi connectivity index (χ3v) is 16.2. The van der Waals surface area contributed by atoms with E-state index in [4.69, 9.17) is 18.9 Å². The van der Waals surface area contributed by atoms with Crippen molar-refractivity contribution in [2.24, 2.45) is 5.92 Å². The minimum atomic E-state index is -2.63. The second-order valence-corrected chi connectivity index (χ2v) is 20.3. The van der Waals surface area contributed by atoms with E-state index in [0.717, 1.165) is 10.8 Å². The molecular formula is C43H53N3O10Si. The van der Waals surface area contributed by atoms with Gasteiger partial charge in [-0.3, -0.25) is 28.9 Å². The van der Waals surface area contributed by atoms with Crippen molar-refractivity contribution in [2.45, 2.75) is 89.1 Å². The number of esters is 2. The number of methoxy groups -OCH3 is 2. The summed E-state index contributed by atoms with van der Waals surface area (Å²) in [6, 6.07) is 22.9. The Morgan fingerprint density at radius 3 is 2.35 bits per heavy atom. The Bertz CT molecular complexity index is 1970. The molecule has 5 atom stereocenters. The number of anilines is 2. The number of aliphatic hydroxyl groups excluding tert-OH is 1. The van der Waals surface area contributed by atoms with Gasteiger partial charge >= 0.3 is 11.9 Å². The summed E-state index contributed by atoms with van der Waals surface area (Å²) in [6.07, 6.45) is -0.250. The fourth-order valence-corrected chi connectivity index (χ4v) is 13.0. The molecule has 0 aromatic heterocycles. The van der Waals surface area contributed by atoms with Crippen LogP contribution in [0.25, 0.3) is 0 Å². The number of fused-ring (bicyclic) bond motifs is 2. The molecule has 2 saturated heterocycles. The number of benzene rings is 3. The number of amides is 3. The summed E-state index contributed by atoms with van der Waals surface area (Å²) < 4.78 is 23.0. The molecule has 3 aliphatic heterocycles. The molecule has 3 aromatic rings. The van der Waals surface area contributed by atoms with Gasteiger partial charge in [0.25, 0.3) is 5.91 Å². The zero-order valence-electron chi connectivity index (χ0n) is 33.6. The molecule has 3 aromatic carbocycles. The SMILES string of the molecule is COC(=O)CCCCN1C(=O)[C@]2(O[C@H](CC(=O)N(CCO)Cc3ccccc3)[C@@H]([Si](C)(C)c3ccc(OC)cc3)[C@@H]2C)c2cc(N3C(=O)CC3OC(C)=O)ccc21. The lowest BCUT2D eigenvalue weighted by Crippen LogP contribution is -2.55. The van der Waals surface area contributed by atoms with Crippen LogP contribution in [0.15, 0.2) is 72.8 Å². The van der Waals surface area contributed by atoms with Gasteiger partial charge in [-0.1, -0.05) is 67.7 Å². The molecule has 3 amide bonds. The quantitative estimate of drug-likeness (QED) is 0.0940. The average Bonchev–Trinajstić information content (AvgIpc) is 3.61. The van der Waals surface area contributed by atoms with Gasteiger partial charge in [0.15, 0.2) is 11.8 Å². The summed E-state index contributed by atoms with van der Waals surface area (Å²) in [4.78, 5) is 71.3. The van der Waals surface area contributed by atoms with Gasteiger partial charge in [0, 0.05) is 50.1 Å². The maximum atomic E-state index is 15.3. The molecule has 1 unspecified atom stereocenters. The fraction of sp³-hybridized carbons (Fsp3) is 0.465. The summed E-state index contributed by atoms with van der Waals surface area (Å²) in [5.74, 6) is -1.29. The van der Waals surface area contributed by atoms with Crippen molar-refractivity contribution in [1.82, 2.24) is 4.90 Å². The molecule has 3 aliphatic rings. The van der Waals surface area contributed by atoms with E-state index < -0.39 is 37.9 Å². The van der Waals surface area contributed by atoms with Gasteiger partial charge in [0.2, 0.25) is 11.8 Å². The van der Waals surface area contributed by atoms with Gasteiger partial charge in [-0.2, -0.15) is 0 Å². The molecule has 57 heavy (non-hydrogen) atoms. The lowest BCUT2D eigenvalue weighted by molar-refractivity contribution is -0.154. The first-order valence-corrected chi connectivity index (χ1v) is 22.6. The van der Waals surface area contributed by atoms with Crippen molar-refractivity contribution >= 4 is 54.3 Å². The second kappa shape index (κ2) is 17.2. The molecule has 2 fully saturated rings. The van der Waals surface area contributed by atoms with E-state index >= 15 is 4.79 Å². The number of carbonyl (C=O) groups excluding carboxylic acids is 5. The zero-order valence-corrected chi connectivity index (χ0v) is 34.6. The van der Waals surface area contributed by atoms with Gasteiger partial charge in [-0.15, -0.1) is 0 Å². The van der Waals surface area contributed by atoms with Gasteiger partial charge in [-0.05, 0) is 54.3 Å². The largest absolute Gasteiger partial charge is 0.497 e. The normalized spacial score (nSPS) is 22.6. The minimum absolute atomic E-state index is 0.0310. The van der Waals surface area contributed by atoms with Crippen LogP contribution in [0.3, 0.4) is 0 Å². The highest BCUT2D eigenvalue weighted by atomic mass is 28.3.